The van der Waals surface area contributed by atoms with Gasteiger partial charge in [0.15, 0.2) is 0 Å². The molecule has 1 N–H and O–H groups in total. The van der Waals surface area contributed by atoms with E-state index in [0.717, 1.165) is 31.2 Å². The summed E-state index contributed by atoms with van der Waals surface area (Å²) in [6, 6.07) is 5.17. The molecule has 1 fully saturated rings. The Morgan fingerprint density at radius 1 is 1.53 bits per heavy atom. The molecule has 3 nitrogen and oxygen atoms in total. The standard InChI is InChI=1S/C14H24N2O/c1-4-13-10-16(9-5-8-15-13)12(3)14-7-6-11(2)17-14/h6-7,12-13,15H,4-5,8-10H2,1-3H3. The van der Waals surface area contributed by atoms with Crippen LogP contribution in [0.5, 0.6) is 0 Å². The van der Waals surface area contributed by atoms with E-state index in [9.17, 15) is 0 Å². The summed E-state index contributed by atoms with van der Waals surface area (Å²) in [6.45, 7) is 9.93. The summed E-state index contributed by atoms with van der Waals surface area (Å²) in [4.78, 5) is 2.53. The summed E-state index contributed by atoms with van der Waals surface area (Å²) in [6.07, 6.45) is 2.42. The average Bonchev–Trinajstić information content (AvgIpc) is 2.64. The van der Waals surface area contributed by atoms with Gasteiger partial charge in [-0.1, -0.05) is 6.92 Å². The smallest absolute Gasteiger partial charge is 0.121 e. The Morgan fingerprint density at radius 2 is 2.35 bits per heavy atom. The molecule has 1 aliphatic heterocycles. The van der Waals surface area contributed by atoms with E-state index in [4.69, 9.17) is 4.42 Å². The number of rotatable bonds is 3. The first-order valence-electron chi connectivity index (χ1n) is 6.74. The topological polar surface area (TPSA) is 28.4 Å². The highest BCUT2D eigenvalue weighted by atomic mass is 16.3. The van der Waals surface area contributed by atoms with Crippen molar-refractivity contribution in [3.8, 4) is 0 Å². The van der Waals surface area contributed by atoms with Gasteiger partial charge in [-0.25, -0.2) is 0 Å². The lowest BCUT2D eigenvalue weighted by Crippen LogP contribution is -2.38. The summed E-state index contributed by atoms with van der Waals surface area (Å²) < 4.78 is 5.75. The van der Waals surface area contributed by atoms with Crippen molar-refractivity contribution < 1.29 is 4.42 Å². The fourth-order valence-electron chi connectivity index (χ4n) is 2.51. The minimum atomic E-state index is 0.387. The van der Waals surface area contributed by atoms with Crippen LogP contribution in [-0.4, -0.2) is 30.6 Å². The largest absolute Gasteiger partial charge is 0.465 e. The number of nitrogens with zero attached hydrogens (tertiary/aromatic N) is 1. The Bertz CT molecular complexity index is 348. The lowest BCUT2D eigenvalue weighted by molar-refractivity contribution is 0.182. The van der Waals surface area contributed by atoms with E-state index < -0.39 is 0 Å². The van der Waals surface area contributed by atoms with Gasteiger partial charge in [-0.15, -0.1) is 0 Å². The zero-order valence-electron chi connectivity index (χ0n) is 11.2. The zero-order chi connectivity index (χ0) is 12.3. The van der Waals surface area contributed by atoms with Gasteiger partial charge in [-0.05, 0) is 45.4 Å². The third kappa shape index (κ3) is 3.11. The first-order chi connectivity index (χ1) is 8.20. The van der Waals surface area contributed by atoms with Crippen LogP contribution in [0.25, 0.3) is 0 Å². The summed E-state index contributed by atoms with van der Waals surface area (Å²) in [5.41, 5.74) is 0. The Hall–Kier alpha value is -0.800. The molecule has 0 saturated carbocycles. The molecule has 2 unspecified atom stereocenters. The van der Waals surface area contributed by atoms with Crippen LogP contribution in [0.15, 0.2) is 16.5 Å². The van der Waals surface area contributed by atoms with Gasteiger partial charge in [0.2, 0.25) is 0 Å². The fourth-order valence-corrected chi connectivity index (χ4v) is 2.51. The molecule has 2 atom stereocenters. The van der Waals surface area contributed by atoms with Gasteiger partial charge in [0.1, 0.15) is 11.5 Å². The molecule has 3 heteroatoms. The molecule has 0 aliphatic carbocycles. The second kappa shape index (κ2) is 5.69. The van der Waals surface area contributed by atoms with Gasteiger partial charge in [0.25, 0.3) is 0 Å². The molecule has 2 rings (SSSR count). The van der Waals surface area contributed by atoms with Gasteiger partial charge in [0.05, 0.1) is 6.04 Å². The van der Waals surface area contributed by atoms with Crippen molar-refractivity contribution in [2.45, 2.75) is 45.7 Å². The van der Waals surface area contributed by atoms with Crippen molar-refractivity contribution in [3.63, 3.8) is 0 Å². The van der Waals surface area contributed by atoms with Crippen LogP contribution in [0.4, 0.5) is 0 Å². The predicted octanol–water partition coefficient (Wildman–Crippen LogP) is 2.72. The van der Waals surface area contributed by atoms with Crippen LogP contribution < -0.4 is 5.32 Å². The molecule has 1 aliphatic rings. The first kappa shape index (κ1) is 12.7. The molecule has 17 heavy (non-hydrogen) atoms. The Labute approximate surface area is 104 Å². The van der Waals surface area contributed by atoms with Crippen LogP contribution >= 0.6 is 0 Å². The van der Waals surface area contributed by atoms with E-state index >= 15 is 0 Å². The second-order valence-corrected chi connectivity index (χ2v) is 5.03. The lowest BCUT2D eigenvalue weighted by atomic mass is 10.1. The van der Waals surface area contributed by atoms with Crippen molar-refractivity contribution >= 4 is 0 Å². The molecule has 96 valence electrons. The van der Waals surface area contributed by atoms with Crippen LogP contribution in [0.2, 0.25) is 0 Å². The number of hydrogen-bond donors (Lipinski definition) is 1. The van der Waals surface area contributed by atoms with Crippen molar-refractivity contribution in [2.24, 2.45) is 0 Å². The molecule has 1 aromatic heterocycles. The Morgan fingerprint density at radius 3 is 3.00 bits per heavy atom. The summed E-state index contributed by atoms with van der Waals surface area (Å²) in [5.74, 6) is 2.10. The van der Waals surface area contributed by atoms with Crippen molar-refractivity contribution in [2.75, 3.05) is 19.6 Å². The Balaban J connectivity index is 2.04. The predicted molar refractivity (Wildman–Crippen MR) is 70.1 cm³/mol. The normalized spacial score (nSPS) is 24.5. The van der Waals surface area contributed by atoms with Gasteiger partial charge in [-0.2, -0.15) is 0 Å². The third-order valence-corrected chi connectivity index (χ3v) is 3.72. The monoisotopic (exact) mass is 236 g/mol. The van der Waals surface area contributed by atoms with Gasteiger partial charge in [0, 0.05) is 19.1 Å². The fraction of sp³-hybridized carbons (Fsp3) is 0.714. The summed E-state index contributed by atoms with van der Waals surface area (Å²) >= 11 is 0. The van der Waals surface area contributed by atoms with Crippen LogP contribution in [0.3, 0.4) is 0 Å². The second-order valence-electron chi connectivity index (χ2n) is 5.03. The molecule has 0 spiro atoms. The maximum Gasteiger partial charge on any atom is 0.121 e. The Kier molecular flexibility index (Phi) is 4.24. The average molecular weight is 236 g/mol. The maximum absolute atomic E-state index is 5.75. The minimum absolute atomic E-state index is 0.387. The molecule has 0 amide bonds. The quantitative estimate of drug-likeness (QED) is 0.874. The van der Waals surface area contributed by atoms with Gasteiger partial charge < -0.3 is 9.73 Å². The molecule has 1 aromatic rings. The van der Waals surface area contributed by atoms with Crippen molar-refractivity contribution in [1.82, 2.24) is 10.2 Å². The summed E-state index contributed by atoms with van der Waals surface area (Å²) in [7, 11) is 0. The highest BCUT2D eigenvalue weighted by Gasteiger charge is 2.23. The first-order valence-corrected chi connectivity index (χ1v) is 6.74. The third-order valence-electron chi connectivity index (χ3n) is 3.72. The van der Waals surface area contributed by atoms with E-state index in [2.05, 4.69) is 36.2 Å². The highest BCUT2D eigenvalue weighted by molar-refractivity contribution is 5.09. The highest BCUT2D eigenvalue weighted by Crippen LogP contribution is 2.23. The van der Waals surface area contributed by atoms with Crippen LogP contribution in [0, 0.1) is 6.92 Å². The molecule has 1 saturated heterocycles. The maximum atomic E-state index is 5.75. The molecule has 0 radical (unpaired) electrons. The number of hydrogen-bond acceptors (Lipinski definition) is 3. The molecular weight excluding hydrogens is 212 g/mol. The molecule has 0 bridgehead atoms. The van der Waals surface area contributed by atoms with Crippen LogP contribution in [-0.2, 0) is 0 Å². The molecule has 0 aromatic carbocycles. The van der Waals surface area contributed by atoms with Gasteiger partial charge >= 0.3 is 0 Å². The summed E-state index contributed by atoms with van der Waals surface area (Å²) in [5, 5.41) is 3.60. The van der Waals surface area contributed by atoms with Crippen molar-refractivity contribution in [1.29, 1.82) is 0 Å². The lowest BCUT2D eigenvalue weighted by Gasteiger charge is -2.28. The van der Waals surface area contributed by atoms with Crippen LogP contribution in [0.1, 0.15) is 44.3 Å². The van der Waals surface area contributed by atoms with E-state index in [1.54, 1.807) is 0 Å². The van der Waals surface area contributed by atoms with E-state index in [1.807, 2.05) is 6.92 Å². The van der Waals surface area contributed by atoms with Gasteiger partial charge in [-0.3, -0.25) is 4.90 Å². The van der Waals surface area contributed by atoms with Crippen molar-refractivity contribution in [3.05, 3.63) is 23.7 Å². The molecule has 2 heterocycles. The number of furan rings is 1. The van der Waals surface area contributed by atoms with E-state index in [1.165, 1.54) is 12.8 Å². The number of nitrogens with one attached hydrogen (secondary N) is 1. The van der Waals surface area contributed by atoms with E-state index in [0.29, 0.717) is 12.1 Å². The zero-order valence-corrected chi connectivity index (χ0v) is 11.2. The van der Waals surface area contributed by atoms with E-state index in [-0.39, 0.29) is 0 Å². The SMILES string of the molecule is CCC1CN(C(C)c2ccc(C)o2)CCCN1. The molecular formula is C14H24N2O. The number of aryl methyl sites for hydroxylation is 1. The minimum Gasteiger partial charge on any atom is -0.465 e.